The third kappa shape index (κ3) is 11.2. The Balaban J connectivity index is 1.10. The summed E-state index contributed by atoms with van der Waals surface area (Å²) in [7, 11) is 0. The normalized spacial score (nSPS) is 33.9. The minimum Gasteiger partial charge on any atom is -0.462 e. The van der Waals surface area contributed by atoms with Crippen LogP contribution in [0.25, 0.3) is 0 Å². The van der Waals surface area contributed by atoms with Gasteiger partial charge < -0.3 is 4.74 Å². The Hall–Kier alpha value is -0.530. The van der Waals surface area contributed by atoms with E-state index in [0.29, 0.717) is 17.3 Å². The van der Waals surface area contributed by atoms with Gasteiger partial charge in [-0.05, 0) is 129 Å². The first-order valence-corrected chi connectivity index (χ1v) is 22.8. The molecule has 4 fully saturated rings. The summed E-state index contributed by atoms with van der Waals surface area (Å²) in [6.07, 6.45) is 37.8. The highest BCUT2D eigenvalue weighted by Gasteiger charge is 2.60. The summed E-state index contributed by atoms with van der Waals surface area (Å²) in [6, 6.07) is 0. The van der Waals surface area contributed by atoms with Gasteiger partial charge in [0.2, 0.25) is 0 Å². The summed E-state index contributed by atoms with van der Waals surface area (Å²) < 4.78 is 6.19. The molecular formula is C47H86O2. The molecule has 4 rings (SSSR count). The summed E-state index contributed by atoms with van der Waals surface area (Å²) in [4.78, 5) is 12.9. The van der Waals surface area contributed by atoms with E-state index in [1.54, 1.807) is 0 Å². The van der Waals surface area contributed by atoms with E-state index in [4.69, 9.17) is 4.74 Å². The highest BCUT2D eigenvalue weighted by atomic mass is 16.5. The molecule has 0 bridgehead atoms. The second-order valence-corrected chi connectivity index (χ2v) is 19.4. The second-order valence-electron chi connectivity index (χ2n) is 19.4. The molecule has 0 aromatic heterocycles. The van der Waals surface area contributed by atoms with E-state index in [1.807, 2.05) is 0 Å². The molecule has 2 nitrogen and oxygen atoms in total. The van der Waals surface area contributed by atoms with Crippen LogP contribution in [0.3, 0.4) is 0 Å². The molecule has 4 saturated carbocycles. The minimum absolute atomic E-state index is 0.0928. The lowest BCUT2D eigenvalue weighted by molar-refractivity contribution is -0.162. The Bertz CT molecular complexity index is 925. The van der Waals surface area contributed by atoms with Gasteiger partial charge in [-0.3, -0.25) is 4.79 Å². The maximum absolute atomic E-state index is 12.9. The predicted molar refractivity (Wildman–Crippen MR) is 212 cm³/mol. The van der Waals surface area contributed by atoms with E-state index in [0.717, 1.165) is 66.6 Å². The third-order valence-electron chi connectivity index (χ3n) is 16.1. The van der Waals surface area contributed by atoms with E-state index in [-0.39, 0.29) is 12.1 Å². The van der Waals surface area contributed by atoms with Crippen LogP contribution in [0.2, 0.25) is 0 Å². The van der Waals surface area contributed by atoms with Crippen molar-refractivity contribution in [2.75, 3.05) is 0 Å². The van der Waals surface area contributed by atoms with E-state index in [9.17, 15) is 4.79 Å². The first-order chi connectivity index (χ1) is 23.6. The van der Waals surface area contributed by atoms with Crippen molar-refractivity contribution < 1.29 is 9.53 Å². The van der Waals surface area contributed by atoms with Gasteiger partial charge in [-0.25, -0.2) is 0 Å². The van der Waals surface area contributed by atoms with Crippen molar-refractivity contribution in [2.45, 2.75) is 234 Å². The van der Waals surface area contributed by atoms with Crippen LogP contribution in [0.15, 0.2) is 0 Å². The molecule has 0 saturated heterocycles. The maximum Gasteiger partial charge on any atom is 0.306 e. The molecule has 2 heteroatoms. The number of carbonyl (C=O) groups is 1. The Morgan fingerprint density at radius 1 is 0.653 bits per heavy atom. The van der Waals surface area contributed by atoms with Crippen molar-refractivity contribution in [3.05, 3.63) is 0 Å². The Morgan fingerprint density at radius 2 is 1.22 bits per heavy atom. The lowest BCUT2D eigenvalue weighted by Gasteiger charge is -2.61. The van der Waals surface area contributed by atoms with Gasteiger partial charge in [0.05, 0.1) is 0 Å². The quantitative estimate of drug-likeness (QED) is 0.0792. The van der Waals surface area contributed by atoms with Crippen LogP contribution in [0, 0.1) is 58.2 Å². The van der Waals surface area contributed by atoms with Gasteiger partial charge in [0, 0.05) is 6.42 Å². The number of fused-ring (bicyclic) bond motifs is 5. The van der Waals surface area contributed by atoms with Crippen molar-refractivity contribution in [3.8, 4) is 0 Å². The fourth-order valence-corrected chi connectivity index (χ4v) is 12.9. The zero-order chi connectivity index (χ0) is 35.3. The zero-order valence-corrected chi connectivity index (χ0v) is 34.3. The third-order valence-corrected chi connectivity index (χ3v) is 16.1. The molecule has 0 radical (unpaired) electrons. The zero-order valence-electron chi connectivity index (χ0n) is 34.3. The Morgan fingerprint density at radius 3 is 1.82 bits per heavy atom. The molecule has 0 aliphatic heterocycles. The van der Waals surface area contributed by atoms with Crippen molar-refractivity contribution in [1.82, 2.24) is 0 Å². The fraction of sp³-hybridized carbons (Fsp3) is 0.979. The summed E-state index contributed by atoms with van der Waals surface area (Å²) in [5.74, 6) is 7.20. The molecule has 4 aliphatic rings. The number of carbonyl (C=O) groups excluding carboxylic acids is 1. The van der Waals surface area contributed by atoms with Gasteiger partial charge in [0.15, 0.2) is 0 Å². The predicted octanol–water partition coefficient (Wildman–Crippen LogP) is 14.9. The number of ether oxygens (including phenoxy) is 1. The monoisotopic (exact) mass is 683 g/mol. The first kappa shape index (κ1) is 41.2. The van der Waals surface area contributed by atoms with Crippen molar-refractivity contribution in [2.24, 2.45) is 58.2 Å². The summed E-state index contributed by atoms with van der Waals surface area (Å²) in [5, 5.41) is 0. The van der Waals surface area contributed by atoms with Gasteiger partial charge in [-0.15, -0.1) is 0 Å². The largest absolute Gasteiger partial charge is 0.462 e. The molecule has 0 aromatic carbocycles. The molecule has 0 N–H and O–H groups in total. The summed E-state index contributed by atoms with van der Waals surface area (Å²) >= 11 is 0. The molecular weight excluding hydrogens is 597 g/mol. The van der Waals surface area contributed by atoms with Gasteiger partial charge in [0.1, 0.15) is 6.10 Å². The van der Waals surface area contributed by atoms with E-state index < -0.39 is 0 Å². The van der Waals surface area contributed by atoms with Crippen molar-refractivity contribution >= 4 is 5.97 Å². The number of esters is 1. The van der Waals surface area contributed by atoms with Crippen LogP contribution in [-0.2, 0) is 9.53 Å². The summed E-state index contributed by atoms with van der Waals surface area (Å²) in [6.45, 7) is 17.6. The van der Waals surface area contributed by atoms with Crippen molar-refractivity contribution in [1.29, 1.82) is 0 Å². The number of hydrogen-bond donors (Lipinski definition) is 0. The van der Waals surface area contributed by atoms with Crippen LogP contribution >= 0.6 is 0 Å². The van der Waals surface area contributed by atoms with Gasteiger partial charge >= 0.3 is 5.97 Å². The SMILES string of the molecule is CCCCCCCCCCCCCCCCCC(=O)OC1CC[C@@]2(C)C(CCC3C2CC[C@@]2(C)C3CC[C@@H]2C(C)CC[C@@H](CC)C(C)C)C1. The highest BCUT2D eigenvalue weighted by Crippen LogP contribution is 2.68. The molecule has 10 atom stereocenters. The fourth-order valence-electron chi connectivity index (χ4n) is 12.9. The number of rotatable bonds is 23. The van der Waals surface area contributed by atoms with Gasteiger partial charge in [-0.1, -0.05) is 151 Å². The molecule has 0 spiro atoms. The first-order valence-electron chi connectivity index (χ1n) is 22.8. The highest BCUT2D eigenvalue weighted by molar-refractivity contribution is 5.69. The standard InChI is InChI=1S/C47H86O2/c1-8-10-11-12-13-14-15-16-17-18-19-20-21-22-23-24-45(48)49-40-31-33-46(6)39(35-40)27-28-41-43-30-29-42(47(43,7)34-32-44(41)46)37(5)25-26-38(9-2)36(3)4/h36-44H,8-35H2,1-7H3/t37?,38-,39?,40?,41?,42-,43?,44?,46+,47-/m1/s1. The molecule has 49 heavy (non-hydrogen) atoms. The number of hydrogen-bond acceptors (Lipinski definition) is 2. The van der Waals surface area contributed by atoms with Crippen molar-refractivity contribution in [3.63, 3.8) is 0 Å². The van der Waals surface area contributed by atoms with E-state index in [2.05, 4.69) is 48.5 Å². The average molecular weight is 683 g/mol. The molecule has 0 aromatic rings. The lowest BCUT2D eigenvalue weighted by Crippen LogP contribution is -2.54. The number of unbranched alkanes of at least 4 members (excludes halogenated alkanes) is 14. The van der Waals surface area contributed by atoms with Crippen LogP contribution in [0.5, 0.6) is 0 Å². The molecule has 0 heterocycles. The Kier molecular flexibility index (Phi) is 17.4. The smallest absolute Gasteiger partial charge is 0.306 e. The second kappa shape index (κ2) is 20.6. The van der Waals surface area contributed by atoms with E-state index >= 15 is 0 Å². The average Bonchev–Trinajstić information content (AvgIpc) is 3.44. The molecule has 6 unspecified atom stereocenters. The summed E-state index contributed by atoms with van der Waals surface area (Å²) in [5.41, 5.74) is 1.04. The topological polar surface area (TPSA) is 26.3 Å². The van der Waals surface area contributed by atoms with Gasteiger partial charge in [0.25, 0.3) is 0 Å². The van der Waals surface area contributed by atoms with Crippen LogP contribution < -0.4 is 0 Å². The Labute approximate surface area is 307 Å². The van der Waals surface area contributed by atoms with Crippen LogP contribution in [-0.4, -0.2) is 12.1 Å². The molecule has 0 amide bonds. The maximum atomic E-state index is 12.9. The van der Waals surface area contributed by atoms with Crippen LogP contribution in [0.1, 0.15) is 228 Å². The minimum atomic E-state index is 0.0928. The van der Waals surface area contributed by atoms with Crippen LogP contribution in [0.4, 0.5) is 0 Å². The molecule has 4 aliphatic carbocycles. The molecule has 286 valence electrons. The van der Waals surface area contributed by atoms with Gasteiger partial charge in [-0.2, -0.15) is 0 Å². The van der Waals surface area contributed by atoms with E-state index in [1.165, 1.54) is 154 Å². The lowest BCUT2D eigenvalue weighted by atomic mass is 9.44.